The summed E-state index contributed by atoms with van der Waals surface area (Å²) in [7, 11) is 0. The van der Waals surface area contributed by atoms with E-state index in [1.807, 2.05) is 0 Å². The highest BCUT2D eigenvalue weighted by molar-refractivity contribution is 6.37. The van der Waals surface area contributed by atoms with Crippen molar-refractivity contribution in [2.24, 2.45) is 5.73 Å². The summed E-state index contributed by atoms with van der Waals surface area (Å²) in [6.07, 6.45) is 7.22. The molecule has 17 heavy (non-hydrogen) atoms. The highest BCUT2D eigenvalue weighted by Crippen LogP contribution is 2.28. The molecular formula is C11H9Cl2N3O. The van der Waals surface area contributed by atoms with E-state index in [1.54, 1.807) is 18.2 Å². The Morgan fingerprint density at radius 2 is 2.18 bits per heavy atom. The molecule has 0 aromatic carbocycles. The first-order valence-electron chi connectivity index (χ1n) is 4.85. The van der Waals surface area contributed by atoms with E-state index in [4.69, 9.17) is 28.9 Å². The number of aromatic amines is 1. The Bertz CT molecular complexity index is 555. The summed E-state index contributed by atoms with van der Waals surface area (Å²) in [5.74, 6) is -0.0747. The second-order valence-electron chi connectivity index (χ2n) is 3.46. The molecule has 2 rings (SSSR count). The van der Waals surface area contributed by atoms with E-state index in [0.717, 1.165) is 0 Å². The van der Waals surface area contributed by atoms with Crippen LogP contribution in [0.2, 0.25) is 0 Å². The van der Waals surface area contributed by atoms with Crippen molar-refractivity contribution in [3.63, 3.8) is 0 Å². The maximum atomic E-state index is 10.9. The fourth-order valence-electron chi connectivity index (χ4n) is 1.39. The number of aromatic nitrogens is 2. The average molecular weight is 270 g/mol. The third kappa shape index (κ3) is 2.60. The Hall–Kier alpha value is -1.52. The molecule has 88 valence electrons. The van der Waals surface area contributed by atoms with Gasteiger partial charge in [0, 0.05) is 22.1 Å². The zero-order valence-corrected chi connectivity index (χ0v) is 10.2. The summed E-state index contributed by atoms with van der Waals surface area (Å²) in [5, 5.41) is 1.21. The molecule has 0 unspecified atom stereocenters. The lowest BCUT2D eigenvalue weighted by molar-refractivity contribution is 0.0996. The zero-order valence-electron chi connectivity index (χ0n) is 8.71. The SMILES string of the molecule is NC(=O)c1cnc(C2=CC=C(Cl)CC=C2Cl)[nH]1. The van der Waals surface area contributed by atoms with E-state index in [2.05, 4.69) is 9.97 Å². The number of carbonyl (C=O) groups is 1. The molecule has 0 saturated heterocycles. The molecule has 0 aliphatic heterocycles. The van der Waals surface area contributed by atoms with Crippen LogP contribution in [-0.4, -0.2) is 15.9 Å². The van der Waals surface area contributed by atoms with Gasteiger partial charge in [-0.2, -0.15) is 0 Å². The Balaban J connectivity index is 2.41. The van der Waals surface area contributed by atoms with Crippen LogP contribution >= 0.6 is 23.2 Å². The maximum absolute atomic E-state index is 10.9. The normalized spacial score (nSPS) is 15.8. The number of nitrogens with one attached hydrogen (secondary N) is 1. The minimum atomic E-state index is -0.563. The first kappa shape index (κ1) is 12.0. The predicted octanol–water partition coefficient (Wildman–Crippen LogP) is 2.54. The molecule has 3 N–H and O–H groups in total. The third-order valence-corrected chi connectivity index (χ3v) is 2.90. The van der Waals surface area contributed by atoms with Crippen molar-refractivity contribution in [2.45, 2.75) is 6.42 Å². The van der Waals surface area contributed by atoms with Crippen molar-refractivity contribution < 1.29 is 4.79 Å². The summed E-state index contributed by atoms with van der Waals surface area (Å²) in [6.45, 7) is 0. The molecule has 1 aliphatic carbocycles. The number of allylic oxidation sites excluding steroid dienone is 6. The van der Waals surface area contributed by atoms with Crippen molar-refractivity contribution in [3.05, 3.63) is 46.0 Å². The Labute approximate surface area is 108 Å². The first-order chi connectivity index (χ1) is 8.08. The minimum absolute atomic E-state index is 0.240. The first-order valence-corrected chi connectivity index (χ1v) is 5.61. The molecular weight excluding hydrogens is 261 g/mol. The van der Waals surface area contributed by atoms with E-state index in [-0.39, 0.29) is 5.69 Å². The number of primary amides is 1. The fourth-order valence-corrected chi connectivity index (χ4v) is 1.76. The van der Waals surface area contributed by atoms with Crippen molar-refractivity contribution in [3.8, 4) is 0 Å². The molecule has 0 radical (unpaired) electrons. The monoisotopic (exact) mass is 269 g/mol. The molecule has 0 atom stereocenters. The number of nitrogens with zero attached hydrogens (tertiary/aromatic N) is 1. The van der Waals surface area contributed by atoms with Gasteiger partial charge in [0.2, 0.25) is 0 Å². The molecule has 6 heteroatoms. The number of amides is 1. The number of imidazole rings is 1. The molecule has 0 spiro atoms. The molecule has 0 bridgehead atoms. The Morgan fingerprint density at radius 1 is 1.41 bits per heavy atom. The summed E-state index contributed by atoms with van der Waals surface area (Å²) >= 11 is 12.0. The molecule has 1 aliphatic rings. The van der Waals surface area contributed by atoms with Crippen molar-refractivity contribution in [1.29, 1.82) is 0 Å². The van der Waals surface area contributed by atoms with Crippen LogP contribution in [0.1, 0.15) is 22.7 Å². The van der Waals surface area contributed by atoms with Gasteiger partial charge in [-0.3, -0.25) is 4.79 Å². The van der Waals surface area contributed by atoms with Crippen LogP contribution in [0.4, 0.5) is 0 Å². The van der Waals surface area contributed by atoms with Crippen LogP contribution in [0, 0.1) is 0 Å². The van der Waals surface area contributed by atoms with E-state index in [0.29, 0.717) is 27.9 Å². The van der Waals surface area contributed by atoms with E-state index >= 15 is 0 Å². The van der Waals surface area contributed by atoms with Gasteiger partial charge in [0.05, 0.1) is 6.20 Å². The third-order valence-electron chi connectivity index (χ3n) is 2.26. The minimum Gasteiger partial charge on any atom is -0.364 e. The van der Waals surface area contributed by atoms with Gasteiger partial charge in [0.15, 0.2) is 0 Å². The van der Waals surface area contributed by atoms with Crippen molar-refractivity contribution in [2.75, 3.05) is 0 Å². The van der Waals surface area contributed by atoms with Gasteiger partial charge in [-0.15, -0.1) is 0 Å². The number of carbonyl (C=O) groups excluding carboxylic acids is 1. The van der Waals surface area contributed by atoms with Gasteiger partial charge >= 0.3 is 0 Å². The molecule has 1 heterocycles. The number of H-pyrrole nitrogens is 1. The second-order valence-corrected chi connectivity index (χ2v) is 4.35. The summed E-state index contributed by atoms with van der Waals surface area (Å²) in [5.41, 5.74) is 6.05. The predicted molar refractivity (Wildman–Crippen MR) is 67.6 cm³/mol. The largest absolute Gasteiger partial charge is 0.364 e. The molecule has 4 nitrogen and oxygen atoms in total. The summed E-state index contributed by atoms with van der Waals surface area (Å²) in [4.78, 5) is 17.8. The van der Waals surface area contributed by atoms with Gasteiger partial charge in [-0.05, 0) is 12.2 Å². The van der Waals surface area contributed by atoms with Gasteiger partial charge in [-0.1, -0.05) is 29.3 Å². The molecule has 1 aromatic heterocycles. The molecule has 0 saturated carbocycles. The van der Waals surface area contributed by atoms with Gasteiger partial charge < -0.3 is 10.7 Å². The standard InChI is InChI=1S/C11H9Cl2N3O/c12-6-1-3-7(8(13)4-2-6)11-15-5-9(16-11)10(14)17/h1,3-5H,2H2,(H2,14,17)(H,15,16). The smallest absolute Gasteiger partial charge is 0.266 e. The van der Waals surface area contributed by atoms with Crippen molar-refractivity contribution >= 4 is 34.7 Å². The summed E-state index contributed by atoms with van der Waals surface area (Å²) < 4.78 is 0. The highest BCUT2D eigenvalue weighted by atomic mass is 35.5. The van der Waals surface area contributed by atoms with E-state index < -0.39 is 5.91 Å². The van der Waals surface area contributed by atoms with Crippen LogP contribution in [0.3, 0.4) is 0 Å². The maximum Gasteiger partial charge on any atom is 0.266 e. The van der Waals surface area contributed by atoms with Crippen LogP contribution in [0.25, 0.3) is 5.57 Å². The number of hydrogen-bond acceptors (Lipinski definition) is 2. The Morgan fingerprint density at radius 3 is 2.82 bits per heavy atom. The lowest BCUT2D eigenvalue weighted by Gasteiger charge is -2.00. The van der Waals surface area contributed by atoms with Gasteiger partial charge in [-0.25, -0.2) is 4.98 Å². The number of nitrogens with two attached hydrogens (primary N) is 1. The number of hydrogen-bond donors (Lipinski definition) is 2. The lowest BCUT2D eigenvalue weighted by Crippen LogP contribution is -2.11. The fraction of sp³-hybridized carbons (Fsp3) is 0.0909. The number of rotatable bonds is 2. The lowest BCUT2D eigenvalue weighted by atomic mass is 10.2. The van der Waals surface area contributed by atoms with Crippen LogP contribution in [0.5, 0.6) is 0 Å². The topological polar surface area (TPSA) is 71.8 Å². The van der Waals surface area contributed by atoms with Crippen LogP contribution < -0.4 is 5.73 Å². The molecule has 0 fully saturated rings. The number of halogens is 2. The van der Waals surface area contributed by atoms with E-state index in [9.17, 15) is 4.79 Å². The highest BCUT2D eigenvalue weighted by Gasteiger charge is 2.13. The summed E-state index contributed by atoms with van der Waals surface area (Å²) in [6, 6.07) is 0. The van der Waals surface area contributed by atoms with Crippen LogP contribution in [-0.2, 0) is 0 Å². The quantitative estimate of drug-likeness (QED) is 0.866. The Kier molecular flexibility index (Phi) is 3.36. The van der Waals surface area contributed by atoms with Crippen LogP contribution in [0.15, 0.2) is 34.5 Å². The van der Waals surface area contributed by atoms with Gasteiger partial charge in [0.1, 0.15) is 11.5 Å². The molecule has 1 amide bonds. The van der Waals surface area contributed by atoms with Crippen molar-refractivity contribution in [1.82, 2.24) is 9.97 Å². The van der Waals surface area contributed by atoms with E-state index in [1.165, 1.54) is 6.20 Å². The molecule has 1 aromatic rings. The van der Waals surface area contributed by atoms with Gasteiger partial charge in [0.25, 0.3) is 5.91 Å². The second kappa shape index (κ2) is 4.77. The zero-order chi connectivity index (χ0) is 12.4. The average Bonchev–Trinajstić information content (AvgIpc) is 2.70.